The van der Waals surface area contributed by atoms with Crippen LogP contribution in [0, 0.1) is 0 Å². The monoisotopic (exact) mass is 306 g/mol. The average Bonchev–Trinajstić information content (AvgIpc) is 2.47. The van der Waals surface area contributed by atoms with Crippen molar-refractivity contribution in [3.8, 4) is 0 Å². The lowest BCUT2D eigenvalue weighted by molar-refractivity contribution is -0.119. The molecule has 2 N–H and O–H groups in total. The molecule has 2 amide bonds. The number of para-hydroxylation sites is 1. The van der Waals surface area contributed by atoms with Gasteiger partial charge in [-0.1, -0.05) is 31.9 Å². The van der Waals surface area contributed by atoms with Crippen LogP contribution in [0.2, 0.25) is 0 Å². The van der Waals surface area contributed by atoms with Gasteiger partial charge in [-0.3, -0.25) is 14.4 Å². The van der Waals surface area contributed by atoms with E-state index >= 15 is 0 Å². The Bertz CT molecular complexity index is 602. The summed E-state index contributed by atoms with van der Waals surface area (Å²) in [6.45, 7) is 1.97. The molecule has 21 heavy (non-hydrogen) atoms. The molecule has 1 aliphatic heterocycles. The Hall–Kier alpha value is -1.82. The number of benzene rings is 1. The average molecular weight is 306 g/mol. The van der Waals surface area contributed by atoms with E-state index in [9.17, 15) is 14.4 Å². The van der Waals surface area contributed by atoms with Gasteiger partial charge in [0.1, 0.15) is 0 Å². The molecule has 0 saturated carbocycles. The summed E-state index contributed by atoms with van der Waals surface area (Å²) in [5.41, 5.74) is 6.31. The predicted molar refractivity (Wildman–Crippen MR) is 83.6 cm³/mol. The Morgan fingerprint density at radius 3 is 2.62 bits per heavy atom. The van der Waals surface area contributed by atoms with Gasteiger partial charge in [0.05, 0.1) is 5.69 Å². The number of unbranched alkanes of at least 4 members (excludes halogenated alkanes) is 1. The highest BCUT2D eigenvalue weighted by molar-refractivity contribution is 8.16. The van der Waals surface area contributed by atoms with Crippen LogP contribution >= 0.6 is 11.8 Å². The van der Waals surface area contributed by atoms with Crippen LogP contribution in [0.5, 0.6) is 0 Å². The minimum atomic E-state index is -1.43. The number of ketones is 1. The van der Waals surface area contributed by atoms with Gasteiger partial charge in [0, 0.05) is 12.6 Å². The van der Waals surface area contributed by atoms with Crippen molar-refractivity contribution in [2.45, 2.75) is 30.9 Å². The highest BCUT2D eigenvalue weighted by atomic mass is 32.2. The lowest BCUT2D eigenvalue weighted by Gasteiger charge is -2.38. The Balaban J connectivity index is 2.56. The highest BCUT2D eigenvalue weighted by Gasteiger charge is 2.53. The van der Waals surface area contributed by atoms with E-state index in [4.69, 9.17) is 5.73 Å². The predicted octanol–water partition coefficient (Wildman–Crippen LogP) is 2.59. The van der Waals surface area contributed by atoms with Crippen molar-refractivity contribution in [3.63, 3.8) is 0 Å². The van der Waals surface area contributed by atoms with Crippen LogP contribution in [0.1, 0.15) is 36.5 Å². The van der Waals surface area contributed by atoms with Gasteiger partial charge in [-0.15, -0.1) is 0 Å². The van der Waals surface area contributed by atoms with Gasteiger partial charge in [0.25, 0.3) is 11.1 Å². The molecule has 1 heterocycles. The van der Waals surface area contributed by atoms with Crippen LogP contribution in [0.3, 0.4) is 0 Å². The molecule has 0 aliphatic carbocycles. The van der Waals surface area contributed by atoms with E-state index < -0.39 is 9.99 Å². The number of thioether (sulfide) groups is 1. The number of carbonyl (C=O) groups excluding carboxylic acids is 3. The number of rotatable bonds is 4. The maximum absolute atomic E-state index is 12.9. The summed E-state index contributed by atoms with van der Waals surface area (Å²) >= 11 is 0.644. The van der Waals surface area contributed by atoms with E-state index in [1.54, 1.807) is 31.3 Å². The smallest absolute Gasteiger partial charge is 0.277 e. The van der Waals surface area contributed by atoms with Crippen molar-refractivity contribution < 1.29 is 14.4 Å². The third-order valence-corrected chi connectivity index (χ3v) is 4.80. The molecule has 112 valence electrons. The van der Waals surface area contributed by atoms with E-state index in [1.165, 1.54) is 4.90 Å². The van der Waals surface area contributed by atoms with Crippen LogP contribution in [0.25, 0.3) is 0 Å². The molecule has 5 nitrogen and oxygen atoms in total. The summed E-state index contributed by atoms with van der Waals surface area (Å²) in [4.78, 5) is 38.5. The fourth-order valence-electron chi connectivity index (χ4n) is 2.61. The summed E-state index contributed by atoms with van der Waals surface area (Å²) in [6.07, 6.45) is 1.81. The molecule has 1 aromatic rings. The van der Waals surface area contributed by atoms with Crippen molar-refractivity contribution in [3.05, 3.63) is 29.8 Å². The number of primary amides is 1. The Morgan fingerprint density at radius 2 is 2.00 bits per heavy atom. The van der Waals surface area contributed by atoms with Crippen LogP contribution in [-0.2, 0) is 4.79 Å². The third-order valence-electron chi connectivity index (χ3n) is 3.68. The van der Waals surface area contributed by atoms with E-state index in [0.29, 0.717) is 35.9 Å². The van der Waals surface area contributed by atoms with Crippen LogP contribution < -0.4 is 10.6 Å². The number of hydrogen-bond donors (Lipinski definition) is 1. The number of carbonyl (C=O) groups is 3. The summed E-state index contributed by atoms with van der Waals surface area (Å²) < 4.78 is -1.43. The fraction of sp³-hybridized carbons (Fsp3) is 0.400. The Morgan fingerprint density at radius 1 is 1.33 bits per heavy atom. The first kappa shape index (κ1) is 15.6. The van der Waals surface area contributed by atoms with Crippen molar-refractivity contribution in [2.75, 3.05) is 11.9 Å². The molecule has 1 aromatic carbocycles. The van der Waals surface area contributed by atoms with Gasteiger partial charge in [-0.2, -0.15) is 0 Å². The minimum absolute atomic E-state index is 0.313. The van der Waals surface area contributed by atoms with Gasteiger partial charge >= 0.3 is 0 Å². The molecule has 0 spiro atoms. The zero-order valence-electron chi connectivity index (χ0n) is 12.1. The molecule has 6 heteroatoms. The fourth-order valence-corrected chi connectivity index (χ4v) is 3.63. The number of anilines is 1. The second-order valence-corrected chi connectivity index (χ2v) is 6.37. The highest BCUT2D eigenvalue weighted by Crippen LogP contribution is 2.42. The minimum Gasteiger partial charge on any atom is -0.360 e. The molecular formula is C15H18N2O3S. The second kappa shape index (κ2) is 5.89. The number of fused-ring (bicyclic) bond motifs is 1. The number of hydrogen-bond acceptors (Lipinski definition) is 4. The van der Waals surface area contributed by atoms with E-state index in [-0.39, 0.29) is 11.7 Å². The zero-order valence-corrected chi connectivity index (χ0v) is 12.9. The van der Waals surface area contributed by atoms with E-state index in [1.807, 2.05) is 6.92 Å². The topological polar surface area (TPSA) is 80.5 Å². The number of amides is 2. The van der Waals surface area contributed by atoms with Gasteiger partial charge in [-0.05, 0) is 30.3 Å². The SMILES string of the molecule is CCCCC1(SC(N)=O)C(=O)c2ccccc2N(C)C1=O. The third kappa shape index (κ3) is 2.55. The molecule has 0 saturated heterocycles. The molecule has 1 atom stereocenters. The maximum atomic E-state index is 12.9. The summed E-state index contributed by atoms with van der Waals surface area (Å²) in [6, 6.07) is 6.93. The summed E-state index contributed by atoms with van der Waals surface area (Å²) in [7, 11) is 1.62. The van der Waals surface area contributed by atoms with Crippen molar-refractivity contribution >= 4 is 34.4 Å². The van der Waals surface area contributed by atoms with Gasteiger partial charge in [0.15, 0.2) is 10.5 Å². The van der Waals surface area contributed by atoms with Gasteiger partial charge in [-0.25, -0.2) is 0 Å². The van der Waals surface area contributed by atoms with Crippen molar-refractivity contribution in [1.29, 1.82) is 0 Å². The number of Topliss-reactive ketones (excluding diaryl/α,β-unsaturated/α-hetero) is 1. The first-order valence-corrected chi connectivity index (χ1v) is 7.66. The Labute approximate surface area is 127 Å². The van der Waals surface area contributed by atoms with Crippen LogP contribution in [-0.4, -0.2) is 28.7 Å². The van der Waals surface area contributed by atoms with Crippen molar-refractivity contribution in [1.82, 2.24) is 0 Å². The maximum Gasteiger partial charge on any atom is 0.277 e. The Kier molecular flexibility index (Phi) is 4.37. The lowest BCUT2D eigenvalue weighted by atomic mass is 9.86. The molecule has 1 unspecified atom stereocenters. The lowest BCUT2D eigenvalue weighted by Crippen LogP contribution is -2.55. The summed E-state index contributed by atoms with van der Waals surface area (Å²) in [5, 5.41) is -0.708. The molecule has 0 bridgehead atoms. The van der Waals surface area contributed by atoms with Crippen molar-refractivity contribution in [2.24, 2.45) is 5.73 Å². The first-order chi connectivity index (χ1) is 9.94. The quantitative estimate of drug-likeness (QED) is 0.867. The number of nitrogens with zero attached hydrogens (tertiary/aromatic N) is 1. The molecular weight excluding hydrogens is 288 g/mol. The molecule has 1 aliphatic rings. The molecule has 0 aromatic heterocycles. The van der Waals surface area contributed by atoms with Crippen LogP contribution in [0.15, 0.2) is 24.3 Å². The molecule has 2 rings (SSSR count). The molecule has 0 radical (unpaired) electrons. The van der Waals surface area contributed by atoms with Gasteiger partial charge < -0.3 is 10.6 Å². The largest absolute Gasteiger partial charge is 0.360 e. The second-order valence-electron chi connectivity index (χ2n) is 5.06. The normalized spacial score (nSPS) is 21.3. The van der Waals surface area contributed by atoms with Gasteiger partial charge in [0.2, 0.25) is 0 Å². The van der Waals surface area contributed by atoms with E-state index in [2.05, 4.69) is 0 Å². The zero-order chi connectivity index (χ0) is 15.6. The van der Waals surface area contributed by atoms with Crippen LogP contribution in [0.4, 0.5) is 10.5 Å². The standard InChI is InChI=1S/C15H18N2O3S/c1-3-4-9-15(21-14(16)20)12(18)10-7-5-6-8-11(10)17(2)13(15)19/h5-8H,3-4,9H2,1-2H3,(H2,16,20). The molecule has 0 fully saturated rings. The first-order valence-electron chi connectivity index (χ1n) is 6.84. The summed E-state index contributed by atoms with van der Waals surface area (Å²) in [5.74, 6) is -0.693. The van der Waals surface area contributed by atoms with E-state index in [0.717, 1.165) is 6.42 Å². The number of nitrogens with two attached hydrogens (primary N) is 1.